The van der Waals surface area contributed by atoms with Crippen LogP contribution in [-0.4, -0.2) is 37.8 Å². The highest BCUT2D eigenvalue weighted by Gasteiger charge is 2.07. The van der Waals surface area contributed by atoms with Crippen molar-refractivity contribution in [2.75, 3.05) is 33.3 Å². The highest BCUT2D eigenvalue weighted by atomic mass is 32.2. The van der Waals surface area contributed by atoms with E-state index in [4.69, 9.17) is 0 Å². The molecule has 44 valence electrons. The van der Waals surface area contributed by atoms with Gasteiger partial charge in [-0.25, -0.2) is 0 Å². The van der Waals surface area contributed by atoms with Gasteiger partial charge in [-0.05, 0) is 0 Å². The largest absolute Gasteiger partial charge is 0.290 e. The van der Waals surface area contributed by atoms with Crippen LogP contribution in [0.4, 0.5) is 0 Å². The lowest BCUT2D eigenvalue weighted by atomic mass is 10.8. The molecule has 7 heavy (non-hydrogen) atoms. The van der Waals surface area contributed by atoms with Crippen molar-refractivity contribution < 1.29 is 4.48 Å². The maximum absolute atomic E-state index is 2.20. The molecule has 0 aliphatic heterocycles. The second-order valence-electron chi connectivity index (χ2n) is 2.75. The molecule has 0 heterocycles. The van der Waals surface area contributed by atoms with Crippen molar-refractivity contribution in [3.8, 4) is 0 Å². The van der Waals surface area contributed by atoms with Crippen molar-refractivity contribution in [2.45, 2.75) is 0 Å². The zero-order valence-electron chi connectivity index (χ0n) is 5.60. The molecule has 1 nitrogen and oxygen atoms in total. The van der Waals surface area contributed by atoms with E-state index < -0.39 is 0 Å². The summed E-state index contributed by atoms with van der Waals surface area (Å²) in [4.78, 5) is 0. The van der Waals surface area contributed by atoms with Gasteiger partial charge in [-0.15, -0.1) is 0 Å². The standard InChI is InChI=1S/C5H14NS/c1-6(2,3)5-7-4/h5H2,1-4H3/q+1/p+1. The molecule has 0 aliphatic carbocycles. The van der Waals surface area contributed by atoms with Gasteiger partial charge in [0.2, 0.25) is 5.88 Å². The number of thiol groups is 1. The van der Waals surface area contributed by atoms with Crippen LogP contribution in [0.15, 0.2) is 0 Å². The van der Waals surface area contributed by atoms with Crippen LogP contribution in [-0.2, 0) is 11.8 Å². The lowest BCUT2D eigenvalue weighted by Crippen LogP contribution is -2.35. The number of hydrogen-bond donors (Lipinski definition) is 0. The summed E-state index contributed by atoms with van der Waals surface area (Å²) >= 11 is 1.48. The Hall–Kier alpha value is 0.310. The fourth-order valence-electron chi connectivity index (χ4n) is 0.424. The second-order valence-corrected chi connectivity index (χ2v) is 3.66. The van der Waals surface area contributed by atoms with Crippen LogP contribution in [0.1, 0.15) is 0 Å². The normalized spacial score (nSPS) is 12.0. The lowest BCUT2D eigenvalue weighted by molar-refractivity contribution is -0.857. The van der Waals surface area contributed by atoms with Crippen molar-refractivity contribution in [1.29, 1.82) is 0 Å². The van der Waals surface area contributed by atoms with E-state index in [9.17, 15) is 0 Å². The fourth-order valence-corrected chi connectivity index (χ4v) is 1.27. The van der Waals surface area contributed by atoms with Gasteiger partial charge in [0.15, 0.2) is 0 Å². The zero-order valence-corrected chi connectivity index (χ0v) is 6.50. The molecule has 2 heteroatoms. The van der Waals surface area contributed by atoms with E-state index >= 15 is 0 Å². The molecule has 0 radical (unpaired) electrons. The minimum atomic E-state index is 1.08. The Morgan fingerprint density at radius 2 is 1.71 bits per heavy atom. The van der Waals surface area contributed by atoms with Gasteiger partial charge in [-0.3, -0.25) is 4.48 Å². The van der Waals surface area contributed by atoms with Gasteiger partial charge in [0, 0.05) is 11.8 Å². The third-order valence-corrected chi connectivity index (χ3v) is 1.70. The Kier molecular flexibility index (Phi) is 2.69. The maximum Gasteiger partial charge on any atom is 0.229 e. The molecule has 0 saturated carbocycles. The molecule has 0 aliphatic rings. The van der Waals surface area contributed by atoms with Gasteiger partial charge in [0.05, 0.1) is 21.1 Å². The maximum atomic E-state index is 2.20. The van der Waals surface area contributed by atoms with E-state index in [0.717, 1.165) is 4.48 Å². The van der Waals surface area contributed by atoms with Crippen LogP contribution in [0, 0.1) is 0 Å². The molecule has 0 aromatic rings. The minimum absolute atomic E-state index is 1.08. The van der Waals surface area contributed by atoms with Crippen LogP contribution in [0.2, 0.25) is 0 Å². The van der Waals surface area contributed by atoms with Crippen molar-refractivity contribution in [1.82, 2.24) is 0 Å². The summed E-state index contributed by atoms with van der Waals surface area (Å²) in [5.74, 6) is 1.25. The second kappa shape index (κ2) is 2.58. The zero-order chi connectivity index (χ0) is 5.91. The Balaban J connectivity index is 3.15. The van der Waals surface area contributed by atoms with Crippen LogP contribution < -0.4 is 0 Å². The SMILES string of the molecule is C[SH+]C[N+](C)(C)C. The number of hydrogen-bond acceptors (Lipinski definition) is 0. The Morgan fingerprint density at radius 1 is 1.29 bits per heavy atom. The summed E-state index contributed by atoms with van der Waals surface area (Å²) in [6.45, 7) is 0. The van der Waals surface area contributed by atoms with Crippen LogP contribution in [0.5, 0.6) is 0 Å². The van der Waals surface area contributed by atoms with Gasteiger partial charge in [0.1, 0.15) is 6.26 Å². The molecular weight excluding hydrogens is 106 g/mol. The van der Waals surface area contributed by atoms with Gasteiger partial charge >= 0.3 is 0 Å². The minimum Gasteiger partial charge on any atom is -0.290 e. The van der Waals surface area contributed by atoms with Gasteiger partial charge in [0.25, 0.3) is 0 Å². The van der Waals surface area contributed by atoms with E-state index in [-0.39, 0.29) is 0 Å². The molecule has 0 bridgehead atoms. The average molecular weight is 121 g/mol. The Bertz CT molecular complexity index is 46.5. The molecule has 0 rings (SSSR count). The number of nitrogens with zero attached hydrogens (tertiary/aromatic N) is 1. The average Bonchev–Trinajstić information content (AvgIpc) is 1.30. The fraction of sp³-hybridized carbons (Fsp3) is 1.00. The molecule has 0 unspecified atom stereocenters. The molecule has 0 N–H and O–H groups in total. The van der Waals surface area contributed by atoms with Crippen molar-refractivity contribution >= 4 is 11.8 Å². The Labute approximate surface area is 50.3 Å². The lowest BCUT2D eigenvalue weighted by Gasteiger charge is -2.17. The van der Waals surface area contributed by atoms with Crippen LogP contribution in [0.3, 0.4) is 0 Å². The van der Waals surface area contributed by atoms with Gasteiger partial charge in [-0.2, -0.15) is 0 Å². The van der Waals surface area contributed by atoms with Crippen LogP contribution >= 0.6 is 0 Å². The first-order valence-electron chi connectivity index (χ1n) is 2.42. The van der Waals surface area contributed by atoms with Crippen molar-refractivity contribution in [3.05, 3.63) is 0 Å². The summed E-state index contributed by atoms with van der Waals surface area (Å²) in [5.41, 5.74) is 0. The first-order chi connectivity index (χ1) is 3.06. The van der Waals surface area contributed by atoms with E-state index in [0.29, 0.717) is 0 Å². The molecule has 0 aromatic carbocycles. The topological polar surface area (TPSA) is 0 Å². The van der Waals surface area contributed by atoms with Crippen LogP contribution in [0.25, 0.3) is 0 Å². The third kappa shape index (κ3) is 6.31. The van der Waals surface area contributed by atoms with E-state index in [1.807, 2.05) is 0 Å². The first kappa shape index (κ1) is 7.31. The first-order valence-corrected chi connectivity index (χ1v) is 3.95. The third-order valence-electron chi connectivity index (χ3n) is 0.566. The quantitative estimate of drug-likeness (QED) is 0.276. The van der Waals surface area contributed by atoms with Gasteiger partial charge in [-0.1, -0.05) is 0 Å². The summed E-state index contributed by atoms with van der Waals surface area (Å²) < 4.78 is 1.08. The summed E-state index contributed by atoms with van der Waals surface area (Å²) in [5, 5.41) is 0. The summed E-state index contributed by atoms with van der Waals surface area (Å²) in [7, 11) is 6.61. The predicted octanol–water partition coefficient (Wildman–Crippen LogP) is 0.0948. The van der Waals surface area contributed by atoms with E-state index in [1.54, 1.807) is 0 Å². The van der Waals surface area contributed by atoms with Gasteiger partial charge < -0.3 is 0 Å². The highest BCUT2D eigenvalue weighted by Crippen LogP contribution is 1.86. The summed E-state index contributed by atoms with van der Waals surface area (Å²) in [6.07, 6.45) is 2.18. The van der Waals surface area contributed by atoms with Crippen molar-refractivity contribution in [2.24, 2.45) is 0 Å². The molecule has 0 fully saturated rings. The smallest absolute Gasteiger partial charge is 0.229 e. The highest BCUT2D eigenvalue weighted by molar-refractivity contribution is 7.77. The molecule has 0 spiro atoms. The van der Waals surface area contributed by atoms with Crippen molar-refractivity contribution in [3.63, 3.8) is 0 Å². The molecule has 0 amide bonds. The molecule has 0 atom stereocenters. The number of quaternary nitrogens is 1. The number of rotatable bonds is 2. The Morgan fingerprint density at radius 3 is 1.71 bits per heavy atom. The molecular formula is C5H15NS+2. The monoisotopic (exact) mass is 121 g/mol. The molecule has 0 saturated heterocycles. The van der Waals surface area contributed by atoms with E-state index in [1.165, 1.54) is 17.6 Å². The van der Waals surface area contributed by atoms with E-state index in [2.05, 4.69) is 27.4 Å². The molecule has 0 aromatic heterocycles. The predicted molar refractivity (Wildman–Crippen MR) is 37.6 cm³/mol. The summed E-state index contributed by atoms with van der Waals surface area (Å²) in [6, 6.07) is 0.